The van der Waals surface area contributed by atoms with E-state index in [9.17, 15) is 0 Å². The molecule has 5 heteroatoms. The van der Waals surface area contributed by atoms with Crippen LogP contribution in [0.15, 0.2) is 187 Å². The highest BCUT2D eigenvalue weighted by Gasteiger charge is 2.25. The Labute approximate surface area is 328 Å². The number of nitrogens with zero attached hydrogens (tertiary/aromatic N) is 4. The zero-order valence-corrected chi connectivity index (χ0v) is 31.1. The molecular formula is C52H34N4O. The van der Waals surface area contributed by atoms with E-state index < -0.39 is 0 Å². The monoisotopic (exact) mass is 730 g/mol. The Morgan fingerprint density at radius 2 is 1.16 bits per heavy atom. The molecule has 0 aliphatic rings. The van der Waals surface area contributed by atoms with Crippen LogP contribution in [0.25, 0.3) is 111 Å². The molecule has 0 spiro atoms. The number of hydrogen-bond donors (Lipinski definition) is 0. The molecule has 4 heterocycles. The molecule has 0 radical (unpaired) electrons. The zero-order chi connectivity index (χ0) is 38.0. The summed E-state index contributed by atoms with van der Waals surface area (Å²) < 4.78 is 9.27. The molecular weight excluding hydrogens is 697 g/mol. The minimum Gasteiger partial charge on any atom is -0.455 e. The fourth-order valence-electron chi connectivity index (χ4n) is 8.38. The number of furan rings is 1. The van der Waals surface area contributed by atoms with E-state index in [0.717, 1.165) is 66.3 Å². The SMILES string of the molecule is C=C(/C=C\C=C/C)c1ccc(-c2nc(-c3ccc(-c4ccccc4)cc3)nc(-c3cccc4oc5c(cc6c7ccccc7n7c8ccccc8c5c67)c34)n2)cc1. The fraction of sp³-hybridized carbons (Fsp3) is 0.0192. The van der Waals surface area contributed by atoms with Gasteiger partial charge >= 0.3 is 0 Å². The van der Waals surface area contributed by atoms with E-state index in [-0.39, 0.29) is 0 Å². The molecule has 0 aliphatic heterocycles. The fourth-order valence-corrected chi connectivity index (χ4v) is 8.38. The standard InChI is InChI=1S/C52H34N4O/c1-3-4-6-14-32(2)33-23-27-36(28-24-33)50-53-51(37-29-25-35(26-30-37)34-15-7-5-8-16-34)55-52(54-50)40-19-13-22-45-46(40)42-31-41-38-17-9-11-20-43(38)56-44-21-12-10-18-39(44)47(48(41)56)49(42)57-45/h3-31H,2H2,1H3/b4-3-,14-6-. The van der Waals surface area contributed by atoms with Crippen molar-refractivity contribution in [2.75, 3.05) is 0 Å². The molecule has 0 amide bonds. The van der Waals surface area contributed by atoms with Gasteiger partial charge in [-0.25, -0.2) is 15.0 Å². The van der Waals surface area contributed by atoms with Gasteiger partial charge < -0.3 is 8.82 Å². The molecule has 5 nitrogen and oxygen atoms in total. The topological polar surface area (TPSA) is 56.2 Å². The Bertz CT molecular complexity index is 3400. The first kappa shape index (κ1) is 32.8. The van der Waals surface area contributed by atoms with Crippen molar-refractivity contribution >= 4 is 65.6 Å². The van der Waals surface area contributed by atoms with Gasteiger partial charge in [-0.2, -0.15) is 0 Å². The lowest BCUT2D eigenvalue weighted by Gasteiger charge is -2.10. The Kier molecular flexibility index (Phi) is 7.47. The summed E-state index contributed by atoms with van der Waals surface area (Å²) in [6, 6.07) is 52.8. The summed E-state index contributed by atoms with van der Waals surface area (Å²) in [5.41, 5.74) is 12.1. The van der Waals surface area contributed by atoms with Crippen LogP contribution in [-0.2, 0) is 0 Å². The predicted octanol–water partition coefficient (Wildman–Crippen LogP) is 13.7. The van der Waals surface area contributed by atoms with Crippen LogP contribution in [0.5, 0.6) is 0 Å². The lowest BCUT2D eigenvalue weighted by Crippen LogP contribution is -2.00. The van der Waals surface area contributed by atoms with E-state index in [1.54, 1.807) is 0 Å². The van der Waals surface area contributed by atoms with Gasteiger partial charge in [-0.1, -0.05) is 158 Å². The molecule has 0 bridgehead atoms. The average Bonchev–Trinajstić information content (AvgIpc) is 3.93. The number of para-hydroxylation sites is 2. The van der Waals surface area contributed by atoms with E-state index in [0.29, 0.717) is 17.5 Å². The molecule has 0 atom stereocenters. The first-order valence-corrected chi connectivity index (χ1v) is 19.2. The summed E-state index contributed by atoms with van der Waals surface area (Å²) in [6.07, 6.45) is 8.01. The summed E-state index contributed by atoms with van der Waals surface area (Å²) in [6.45, 7) is 6.27. The number of rotatable bonds is 7. The first-order chi connectivity index (χ1) is 28.1. The highest BCUT2D eigenvalue weighted by Crippen LogP contribution is 2.47. The van der Waals surface area contributed by atoms with Crippen molar-refractivity contribution in [1.82, 2.24) is 19.4 Å². The van der Waals surface area contributed by atoms with E-state index in [4.69, 9.17) is 19.4 Å². The minimum absolute atomic E-state index is 0.581. The quantitative estimate of drug-likeness (QED) is 0.153. The van der Waals surface area contributed by atoms with E-state index in [2.05, 4.69) is 144 Å². The number of aromatic nitrogens is 4. The maximum absolute atomic E-state index is 6.88. The molecule has 0 aliphatic carbocycles. The van der Waals surface area contributed by atoms with Gasteiger partial charge in [0.15, 0.2) is 17.5 Å². The van der Waals surface area contributed by atoms with Crippen LogP contribution in [0.4, 0.5) is 0 Å². The van der Waals surface area contributed by atoms with E-state index in [1.165, 1.54) is 32.7 Å². The van der Waals surface area contributed by atoms with Crippen LogP contribution in [-0.4, -0.2) is 19.4 Å². The van der Waals surface area contributed by atoms with Crippen LogP contribution < -0.4 is 0 Å². The molecule has 0 N–H and O–H groups in total. The molecule has 0 unspecified atom stereocenters. The van der Waals surface area contributed by atoms with Gasteiger partial charge in [0.25, 0.3) is 0 Å². The van der Waals surface area contributed by atoms with Gasteiger partial charge in [0.05, 0.1) is 21.9 Å². The third kappa shape index (κ3) is 5.20. The van der Waals surface area contributed by atoms with Crippen molar-refractivity contribution in [2.45, 2.75) is 6.92 Å². The summed E-state index contributed by atoms with van der Waals surface area (Å²) in [7, 11) is 0. The number of fused-ring (bicyclic) bond motifs is 10. The molecule has 0 saturated heterocycles. The second kappa shape index (κ2) is 13.0. The summed E-state index contributed by atoms with van der Waals surface area (Å²) >= 11 is 0. The van der Waals surface area contributed by atoms with Gasteiger partial charge in [0.2, 0.25) is 0 Å². The molecule has 0 saturated carbocycles. The Hall–Kier alpha value is -7.63. The predicted molar refractivity (Wildman–Crippen MR) is 236 cm³/mol. The van der Waals surface area contributed by atoms with Gasteiger partial charge in [-0.05, 0) is 53.5 Å². The van der Waals surface area contributed by atoms with Gasteiger partial charge in [-0.3, -0.25) is 0 Å². The minimum atomic E-state index is 0.581. The Balaban J connectivity index is 1.14. The number of hydrogen-bond acceptors (Lipinski definition) is 4. The summed E-state index contributed by atoms with van der Waals surface area (Å²) in [4.78, 5) is 15.5. The van der Waals surface area contributed by atoms with E-state index >= 15 is 0 Å². The van der Waals surface area contributed by atoms with Crippen molar-refractivity contribution in [3.05, 3.63) is 188 Å². The largest absolute Gasteiger partial charge is 0.455 e. The smallest absolute Gasteiger partial charge is 0.164 e. The van der Waals surface area contributed by atoms with Crippen LogP contribution in [0.3, 0.4) is 0 Å². The normalized spacial score (nSPS) is 12.2. The molecule has 57 heavy (non-hydrogen) atoms. The zero-order valence-electron chi connectivity index (χ0n) is 31.1. The first-order valence-electron chi connectivity index (χ1n) is 19.2. The van der Waals surface area contributed by atoms with E-state index in [1.807, 2.05) is 49.4 Å². The number of allylic oxidation sites excluding steroid dienone is 5. The number of benzene rings is 7. The van der Waals surface area contributed by atoms with Crippen LogP contribution in [0, 0.1) is 0 Å². The van der Waals surface area contributed by atoms with Crippen molar-refractivity contribution in [2.24, 2.45) is 0 Å². The van der Waals surface area contributed by atoms with Gasteiger partial charge in [-0.15, -0.1) is 0 Å². The molecule has 11 rings (SSSR count). The highest BCUT2D eigenvalue weighted by molar-refractivity contribution is 6.33. The van der Waals surface area contributed by atoms with Crippen molar-refractivity contribution < 1.29 is 4.42 Å². The molecule has 7 aromatic carbocycles. The lowest BCUT2D eigenvalue weighted by atomic mass is 10.0. The van der Waals surface area contributed by atoms with Gasteiger partial charge in [0, 0.05) is 43.6 Å². The molecule has 0 fully saturated rings. The van der Waals surface area contributed by atoms with Crippen LogP contribution >= 0.6 is 0 Å². The molecule has 11 aromatic rings. The molecule has 268 valence electrons. The molecule has 4 aromatic heterocycles. The third-order valence-electron chi connectivity index (χ3n) is 11.1. The maximum Gasteiger partial charge on any atom is 0.164 e. The maximum atomic E-state index is 6.88. The second-order valence-electron chi connectivity index (χ2n) is 14.4. The average molecular weight is 731 g/mol. The van der Waals surface area contributed by atoms with Gasteiger partial charge in [0.1, 0.15) is 11.2 Å². The van der Waals surface area contributed by atoms with Crippen molar-refractivity contribution in [3.63, 3.8) is 0 Å². The van der Waals surface area contributed by atoms with Crippen molar-refractivity contribution in [1.29, 1.82) is 0 Å². The van der Waals surface area contributed by atoms with Crippen molar-refractivity contribution in [3.8, 4) is 45.3 Å². The highest BCUT2D eigenvalue weighted by atomic mass is 16.3. The lowest BCUT2D eigenvalue weighted by molar-refractivity contribution is 0.673. The van der Waals surface area contributed by atoms with Crippen LogP contribution in [0.1, 0.15) is 12.5 Å². The Morgan fingerprint density at radius 3 is 1.89 bits per heavy atom. The van der Waals surface area contributed by atoms with Crippen LogP contribution in [0.2, 0.25) is 0 Å². The summed E-state index contributed by atoms with van der Waals surface area (Å²) in [5.74, 6) is 1.77. The summed E-state index contributed by atoms with van der Waals surface area (Å²) in [5, 5.41) is 6.71. The Morgan fingerprint density at radius 1 is 0.544 bits per heavy atom. The third-order valence-corrected chi connectivity index (χ3v) is 11.1. The second-order valence-corrected chi connectivity index (χ2v) is 14.4.